The summed E-state index contributed by atoms with van der Waals surface area (Å²) in [5.41, 5.74) is 2.22. The molecule has 8 nitrogen and oxygen atoms in total. The molecular formula is C17H20N4O4. The van der Waals surface area contributed by atoms with Crippen molar-refractivity contribution in [2.45, 2.75) is 39.3 Å². The summed E-state index contributed by atoms with van der Waals surface area (Å²) >= 11 is 0. The number of amides is 1. The van der Waals surface area contributed by atoms with Crippen LogP contribution in [0.5, 0.6) is 0 Å². The number of carbonyl (C=O) groups excluding carboxylic acids is 1. The number of ether oxygens (including phenoxy) is 1. The monoisotopic (exact) mass is 344 g/mol. The second kappa shape index (κ2) is 6.19. The second-order valence-corrected chi connectivity index (χ2v) is 6.96. The molecule has 1 aromatic carbocycles. The van der Waals surface area contributed by atoms with E-state index in [1.807, 2.05) is 20.8 Å². The van der Waals surface area contributed by atoms with E-state index in [2.05, 4.69) is 10.2 Å². The van der Waals surface area contributed by atoms with Gasteiger partial charge >= 0.3 is 6.09 Å². The van der Waals surface area contributed by atoms with Crippen LogP contribution in [0.1, 0.15) is 32.0 Å². The highest BCUT2D eigenvalue weighted by Gasteiger charge is 2.30. The van der Waals surface area contributed by atoms with Crippen molar-refractivity contribution in [3.8, 4) is 11.3 Å². The van der Waals surface area contributed by atoms with E-state index in [-0.39, 0.29) is 11.8 Å². The molecule has 1 aliphatic heterocycles. The van der Waals surface area contributed by atoms with E-state index in [4.69, 9.17) is 4.74 Å². The van der Waals surface area contributed by atoms with Crippen molar-refractivity contribution in [3.05, 3.63) is 45.6 Å². The standard InChI is InChI=1S/C17H20N4O4/c1-17(2,3)25-16(22)20-9-8-11-13(10-20)18-19-15(11)12-6-4-5-7-14(12)21(23)24/h4-7H,8-10H2,1-3H3,(H,18,19). The van der Waals surface area contributed by atoms with E-state index < -0.39 is 10.5 Å². The molecule has 1 aromatic heterocycles. The van der Waals surface area contributed by atoms with Gasteiger partial charge in [-0.2, -0.15) is 5.10 Å². The molecule has 8 heteroatoms. The molecule has 0 saturated heterocycles. The summed E-state index contributed by atoms with van der Waals surface area (Å²) < 4.78 is 5.40. The smallest absolute Gasteiger partial charge is 0.410 e. The van der Waals surface area contributed by atoms with Crippen LogP contribution >= 0.6 is 0 Å². The average Bonchev–Trinajstić information content (AvgIpc) is 2.96. The fourth-order valence-corrected chi connectivity index (χ4v) is 2.86. The first-order valence-electron chi connectivity index (χ1n) is 8.04. The lowest BCUT2D eigenvalue weighted by molar-refractivity contribution is -0.384. The van der Waals surface area contributed by atoms with Gasteiger partial charge in [-0.3, -0.25) is 15.2 Å². The Morgan fingerprint density at radius 2 is 2.08 bits per heavy atom. The van der Waals surface area contributed by atoms with Gasteiger partial charge in [-0.05, 0) is 33.3 Å². The number of nitrogens with one attached hydrogen (secondary N) is 1. The first-order chi connectivity index (χ1) is 11.8. The molecule has 0 aliphatic carbocycles. The predicted molar refractivity (Wildman–Crippen MR) is 91.0 cm³/mol. The molecule has 0 unspecified atom stereocenters. The quantitative estimate of drug-likeness (QED) is 0.665. The van der Waals surface area contributed by atoms with Crippen LogP contribution in [0.3, 0.4) is 0 Å². The van der Waals surface area contributed by atoms with Crippen molar-refractivity contribution in [2.75, 3.05) is 6.54 Å². The van der Waals surface area contributed by atoms with E-state index in [9.17, 15) is 14.9 Å². The van der Waals surface area contributed by atoms with Crippen LogP contribution in [-0.2, 0) is 17.7 Å². The Bertz CT molecular complexity index is 822. The summed E-state index contributed by atoms with van der Waals surface area (Å²) in [5.74, 6) is 0. The highest BCUT2D eigenvalue weighted by atomic mass is 16.6. The Labute approximate surface area is 144 Å². The summed E-state index contributed by atoms with van der Waals surface area (Å²) in [4.78, 5) is 24.7. The third-order valence-corrected chi connectivity index (χ3v) is 3.94. The molecule has 1 N–H and O–H groups in total. The maximum absolute atomic E-state index is 12.2. The molecule has 0 saturated carbocycles. The second-order valence-electron chi connectivity index (χ2n) is 6.96. The van der Waals surface area contributed by atoms with Gasteiger partial charge in [0.2, 0.25) is 0 Å². The van der Waals surface area contributed by atoms with Crippen LogP contribution in [0.4, 0.5) is 10.5 Å². The maximum atomic E-state index is 12.2. The number of hydrogen-bond acceptors (Lipinski definition) is 5. The number of nitro benzene ring substituents is 1. The summed E-state index contributed by atoms with van der Waals surface area (Å²) in [6.07, 6.45) is 0.187. The molecule has 0 atom stereocenters. The van der Waals surface area contributed by atoms with Crippen molar-refractivity contribution in [1.82, 2.24) is 15.1 Å². The van der Waals surface area contributed by atoms with Gasteiger partial charge in [-0.15, -0.1) is 0 Å². The molecule has 0 spiro atoms. The topological polar surface area (TPSA) is 101 Å². The van der Waals surface area contributed by atoms with Gasteiger partial charge in [0.15, 0.2) is 0 Å². The Kier molecular flexibility index (Phi) is 4.20. The molecule has 2 aromatic rings. The fraction of sp³-hybridized carbons (Fsp3) is 0.412. The third kappa shape index (κ3) is 3.47. The lowest BCUT2D eigenvalue weighted by atomic mass is 9.99. The molecule has 1 aliphatic rings. The molecule has 0 bridgehead atoms. The highest BCUT2D eigenvalue weighted by Crippen LogP contribution is 2.34. The van der Waals surface area contributed by atoms with Gasteiger partial charge in [0.1, 0.15) is 11.3 Å². The minimum absolute atomic E-state index is 0.0198. The van der Waals surface area contributed by atoms with Gasteiger partial charge in [-0.1, -0.05) is 12.1 Å². The molecule has 3 rings (SSSR count). The first-order valence-corrected chi connectivity index (χ1v) is 8.04. The average molecular weight is 344 g/mol. The number of H-pyrrole nitrogens is 1. The Balaban J connectivity index is 1.87. The molecule has 25 heavy (non-hydrogen) atoms. The summed E-state index contributed by atoms with van der Waals surface area (Å²) in [7, 11) is 0. The van der Waals surface area contributed by atoms with Crippen LogP contribution in [0.25, 0.3) is 11.3 Å². The number of rotatable bonds is 2. The van der Waals surface area contributed by atoms with Crippen molar-refractivity contribution >= 4 is 11.8 Å². The number of nitro groups is 1. The number of hydrogen-bond donors (Lipinski definition) is 1. The van der Waals surface area contributed by atoms with E-state index in [0.717, 1.165) is 11.3 Å². The first kappa shape index (κ1) is 16.9. The lowest BCUT2D eigenvalue weighted by Crippen LogP contribution is -2.39. The minimum atomic E-state index is -0.554. The highest BCUT2D eigenvalue weighted by molar-refractivity contribution is 5.74. The predicted octanol–water partition coefficient (Wildman–Crippen LogP) is 3.28. The van der Waals surface area contributed by atoms with Crippen LogP contribution in [0, 0.1) is 10.1 Å². The largest absolute Gasteiger partial charge is 0.444 e. The van der Waals surface area contributed by atoms with Gasteiger partial charge < -0.3 is 9.64 Å². The van der Waals surface area contributed by atoms with Crippen molar-refractivity contribution in [1.29, 1.82) is 0 Å². The Hall–Kier alpha value is -2.90. The summed E-state index contributed by atoms with van der Waals surface area (Å²) in [6.45, 7) is 6.29. The van der Waals surface area contributed by atoms with E-state index >= 15 is 0 Å². The van der Waals surface area contributed by atoms with E-state index in [1.165, 1.54) is 6.07 Å². The van der Waals surface area contributed by atoms with Crippen molar-refractivity contribution in [3.63, 3.8) is 0 Å². The molecule has 132 valence electrons. The molecular weight excluding hydrogens is 324 g/mol. The Morgan fingerprint density at radius 1 is 1.36 bits per heavy atom. The van der Waals surface area contributed by atoms with Crippen molar-refractivity contribution < 1.29 is 14.5 Å². The fourth-order valence-electron chi connectivity index (χ4n) is 2.86. The minimum Gasteiger partial charge on any atom is -0.444 e. The SMILES string of the molecule is CC(C)(C)OC(=O)N1CCc2c(-c3ccccc3[N+](=O)[O-])n[nH]c2C1. The van der Waals surface area contributed by atoms with Gasteiger partial charge in [0.05, 0.1) is 22.7 Å². The van der Waals surface area contributed by atoms with Crippen LogP contribution in [0.15, 0.2) is 24.3 Å². The number of nitrogens with zero attached hydrogens (tertiary/aromatic N) is 3. The molecule has 2 heterocycles. The molecule has 1 amide bonds. The number of aromatic nitrogens is 2. The van der Waals surface area contributed by atoms with E-state index in [1.54, 1.807) is 23.1 Å². The number of benzene rings is 1. The number of carbonyl (C=O) groups is 1. The van der Waals surface area contributed by atoms with E-state index in [0.29, 0.717) is 30.8 Å². The van der Waals surface area contributed by atoms with Crippen molar-refractivity contribution in [2.24, 2.45) is 0 Å². The zero-order chi connectivity index (χ0) is 18.2. The number of aromatic amines is 1. The Morgan fingerprint density at radius 3 is 2.76 bits per heavy atom. The van der Waals surface area contributed by atoms with Gasteiger partial charge in [0, 0.05) is 18.2 Å². The zero-order valence-electron chi connectivity index (χ0n) is 14.4. The molecule has 0 fully saturated rings. The number of para-hydroxylation sites is 1. The van der Waals surface area contributed by atoms with Crippen LogP contribution in [-0.4, -0.2) is 38.3 Å². The normalized spacial score (nSPS) is 14.1. The van der Waals surface area contributed by atoms with Gasteiger partial charge in [-0.25, -0.2) is 4.79 Å². The summed E-state index contributed by atoms with van der Waals surface area (Å²) in [5, 5.41) is 18.4. The zero-order valence-corrected chi connectivity index (χ0v) is 14.4. The molecule has 0 radical (unpaired) electrons. The third-order valence-electron chi connectivity index (χ3n) is 3.94. The van der Waals surface area contributed by atoms with Crippen LogP contribution in [0.2, 0.25) is 0 Å². The van der Waals surface area contributed by atoms with Crippen LogP contribution < -0.4 is 0 Å². The number of fused-ring (bicyclic) bond motifs is 1. The lowest BCUT2D eigenvalue weighted by Gasteiger charge is -2.29. The van der Waals surface area contributed by atoms with Gasteiger partial charge in [0.25, 0.3) is 5.69 Å². The maximum Gasteiger partial charge on any atom is 0.410 e. The summed E-state index contributed by atoms with van der Waals surface area (Å²) in [6, 6.07) is 6.53.